The van der Waals surface area contributed by atoms with E-state index in [9.17, 15) is 8.42 Å². The van der Waals surface area contributed by atoms with E-state index in [4.69, 9.17) is 11.6 Å². The lowest BCUT2D eigenvalue weighted by atomic mass is 9.85. The van der Waals surface area contributed by atoms with Gasteiger partial charge in [0.25, 0.3) is 0 Å². The van der Waals surface area contributed by atoms with Gasteiger partial charge in [0.2, 0.25) is 0 Å². The second-order valence-corrected chi connectivity index (χ2v) is 7.85. The van der Waals surface area contributed by atoms with Crippen molar-refractivity contribution in [2.75, 3.05) is 11.5 Å². The molecule has 0 aromatic carbocycles. The van der Waals surface area contributed by atoms with Crippen LogP contribution in [0, 0.1) is 5.41 Å². The molecule has 0 fully saturated rings. The molecule has 86 valence electrons. The van der Waals surface area contributed by atoms with E-state index in [0.717, 1.165) is 6.42 Å². The van der Waals surface area contributed by atoms with Crippen molar-refractivity contribution in [3.8, 4) is 0 Å². The van der Waals surface area contributed by atoms with E-state index in [-0.39, 0.29) is 22.3 Å². The molecule has 0 aliphatic carbocycles. The smallest absolute Gasteiger partial charge is 0.150 e. The second kappa shape index (κ2) is 5.36. The van der Waals surface area contributed by atoms with Gasteiger partial charge in [-0.15, -0.1) is 11.6 Å². The van der Waals surface area contributed by atoms with E-state index >= 15 is 0 Å². The fraction of sp³-hybridized carbons (Fsp3) is 1.00. The third-order valence-electron chi connectivity index (χ3n) is 2.36. The van der Waals surface area contributed by atoms with E-state index < -0.39 is 9.84 Å². The summed E-state index contributed by atoms with van der Waals surface area (Å²) in [5.74, 6) is 0.514. The van der Waals surface area contributed by atoms with E-state index in [0.29, 0.717) is 6.42 Å². The summed E-state index contributed by atoms with van der Waals surface area (Å²) in [6, 6.07) is 0. The summed E-state index contributed by atoms with van der Waals surface area (Å²) in [5, 5.41) is 0.106. The summed E-state index contributed by atoms with van der Waals surface area (Å²) in [5.41, 5.74) is 0.0173. The van der Waals surface area contributed by atoms with Crippen molar-refractivity contribution in [2.45, 2.75) is 45.9 Å². The average Bonchev–Trinajstić information content (AvgIpc) is 1.99. The molecule has 0 aliphatic rings. The highest BCUT2D eigenvalue weighted by atomic mass is 35.5. The van der Waals surface area contributed by atoms with Crippen LogP contribution in [0.4, 0.5) is 0 Å². The molecule has 0 aromatic heterocycles. The standard InChI is InChI=1S/C10H21ClO2S/c1-5-14(12,13)7-6-10(3,4)8-9(2)11/h9H,5-8H2,1-4H3. The predicted molar refractivity (Wildman–Crippen MR) is 62.7 cm³/mol. The lowest BCUT2D eigenvalue weighted by Crippen LogP contribution is -2.21. The van der Waals surface area contributed by atoms with Crippen molar-refractivity contribution < 1.29 is 8.42 Å². The highest BCUT2D eigenvalue weighted by Gasteiger charge is 2.22. The molecule has 0 spiro atoms. The van der Waals surface area contributed by atoms with Crippen LogP contribution < -0.4 is 0 Å². The Balaban J connectivity index is 4.12. The monoisotopic (exact) mass is 240 g/mol. The molecular formula is C10H21ClO2S. The summed E-state index contributed by atoms with van der Waals surface area (Å²) >= 11 is 5.90. The average molecular weight is 241 g/mol. The van der Waals surface area contributed by atoms with Crippen molar-refractivity contribution in [3.63, 3.8) is 0 Å². The van der Waals surface area contributed by atoms with Crippen molar-refractivity contribution in [2.24, 2.45) is 5.41 Å². The zero-order valence-corrected chi connectivity index (χ0v) is 11.1. The quantitative estimate of drug-likeness (QED) is 0.669. The Kier molecular flexibility index (Phi) is 5.45. The minimum absolute atomic E-state index is 0.0173. The topological polar surface area (TPSA) is 34.1 Å². The van der Waals surface area contributed by atoms with Crippen LogP contribution in [0.15, 0.2) is 0 Å². The zero-order valence-electron chi connectivity index (χ0n) is 9.51. The minimum Gasteiger partial charge on any atom is -0.229 e. The fourth-order valence-corrected chi connectivity index (χ4v) is 3.01. The second-order valence-electron chi connectivity index (χ2n) is 4.64. The van der Waals surface area contributed by atoms with Gasteiger partial charge >= 0.3 is 0 Å². The molecule has 0 bridgehead atoms. The maximum Gasteiger partial charge on any atom is 0.150 e. The van der Waals surface area contributed by atoms with Crippen LogP contribution in [-0.4, -0.2) is 25.3 Å². The van der Waals surface area contributed by atoms with E-state index in [2.05, 4.69) is 13.8 Å². The molecule has 0 heterocycles. The van der Waals surface area contributed by atoms with E-state index in [1.54, 1.807) is 6.92 Å². The number of halogens is 1. The molecule has 1 unspecified atom stereocenters. The van der Waals surface area contributed by atoms with Gasteiger partial charge in [-0.05, 0) is 25.2 Å². The normalized spacial score (nSPS) is 15.5. The number of alkyl halides is 1. The van der Waals surface area contributed by atoms with Crippen LogP contribution >= 0.6 is 11.6 Å². The molecule has 0 saturated heterocycles. The predicted octanol–water partition coefficient (Wildman–Crippen LogP) is 2.85. The molecule has 0 radical (unpaired) electrons. The van der Waals surface area contributed by atoms with E-state index in [1.165, 1.54) is 0 Å². The highest BCUT2D eigenvalue weighted by Crippen LogP contribution is 2.29. The molecule has 0 aliphatic heterocycles. The number of hydrogen-bond donors (Lipinski definition) is 0. The van der Waals surface area contributed by atoms with Crippen LogP contribution in [-0.2, 0) is 9.84 Å². The largest absolute Gasteiger partial charge is 0.229 e. The van der Waals surface area contributed by atoms with Gasteiger partial charge in [-0.25, -0.2) is 8.42 Å². The third-order valence-corrected chi connectivity index (χ3v) is 4.22. The van der Waals surface area contributed by atoms with E-state index in [1.807, 2.05) is 6.92 Å². The Bertz CT molecular complexity index is 255. The molecule has 0 amide bonds. The van der Waals surface area contributed by atoms with Gasteiger partial charge in [-0.2, -0.15) is 0 Å². The lowest BCUT2D eigenvalue weighted by molar-refractivity contribution is 0.322. The van der Waals surface area contributed by atoms with Crippen molar-refractivity contribution in [3.05, 3.63) is 0 Å². The Labute approximate surface area is 93.0 Å². The fourth-order valence-electron chi connectivity index (χ4n) is 1.44. The first kappa shape index (κ1) is 14.2. The van der Waals surface area contributed by atoms with Gasteiger partial charge in [0, 0.05) is 11.1 Å². The van der Waals surface area contributed by atoms with Crippen molar-refractivity contribution in [1.82, 2.24) is 0 Å². The number of sulfone groups is 1. The summed E-state index contributed by atoms with van der Waals surface area (Å²) in [4.78, 5) is 0. The molecular weight excluding hydrogens is 220 g/mol. The lowest BCUT2D eigenvalue weighted by Gasteiger charge is -2.25. The van der Waals surface area contributed by atoms with Crippen molar-refractivity contribution >= 4 is 21.4 Å². The summed E-state index contributed by atoms with van der Waals surface area (Å²) in [6.45, 7) is 7.76. The zero-order chi connectivity index (χ0) is 11.4. The van der Waals surface area contributed by atoms with Gasteiger partial charge in [0.15, 0.2) is 0 Å². The van der Waals surface area contributed by atoms with Crippen molar-refractivity contribution in [1.29, 1.82) is 0 Å². The maximum atomic E-state index is 11.3. The summed E-state index contributed by atoms with van der Waals surface area (Å²) < 4.78 is 22.6. The summed E-state index contributed by atoms with van der Waals surface area (Å²) in [6.07, 6.45) is 1.55. The number of rotatable bonds is 6. The Hall–Kier alpha value is 0.240. The van der Waals surface area contributed by atoms with Crippen LogP contribution in [0.5, 0.6) is 0 Å². The van der Waals surface area contributed by atoms with Crippen LogP contribution in [0.1, 0.15) is 40.5 Å². The maximum absolute atomic E-state index is 11.3. The summed E-state index contributed by atoms with van der Waals surface area (Å²) in [7, 11) is -2.83. The molecule has 0 rings (SSSR count). The van der Waals surface area contributed by atoms with Gasteiger partial charge in [0.05, 0.1) is 5.75 Å². The first-order valence-electron chi connectivity index (χ1n) is 5.03. The molecule has 0 N–H and O–H groups in total. The Morgan fingerprint density at radius 2 is 1.86 bits per heavy atom. The molecule has 1 atom stereocenters. The van der Waals surface area contributed by atoms with Gasteiger partial charge in [-0.1, -0.05) is 20.8 Å². The molecule has 4 heteroatoms. The Morgan fingerprint density at radius 1 is 1.36 bits per heavy atom. The first-order valence-corrected chi connectivity index (χ1v) is 7.29. The first-order chi connectivity index (χ1) is 6.18. The van der Waals surface area contributed by atoms with Gasteiger partial charge < -0.3 is 0 Å². The third kappa shape index (κ3) is 6.66. The number of hydrogen-bond acceptors (Lipinski definition) is 2. The molecule has 2 nitrogen and oxygen atoms in total. The minimum atomic E-state index is -2.83. The van der Waals surface area contributed by atoms with Crippen LogP contribution in [0.2, 0.25) is 0 Å². The SMILES string of the molecule is CCS(=O)(=O)CCC(C)(C)CC(C)Cl. The molecule has 0 aromatic rings. The Morgan fingerprint density at radius 3 is 2.21 bits per heavy atom. The highest BCUT2D eigenvalue weighted by molar-refractivity contribution is 7.91. The van der Waals surface area contributed by atoms with Crippen LogP contribution in [0.25, 0.3) is 0 Å². The molecule has 14 heavy (non-hydrogen) atoms. The van der Waals surface area contributed by atoms with Gasteiger partial charge in [-0.3, -0.25) is 0 Å². The van der Waals surface area contributed by atoms with Gasteiger partial charge in [0.1, 0.15) is 9.84 Å². The van der Waals surface area contributed by atoms with Crippen LogP contribution in [0.3, 0.4) is 0 Å². The molecule has 0 saturated carbocycles.